The van der Waals surface area contributed by atoms with Crippen LogP contribution in [0.5, 0.6) is 0 Å². The third-order valence-electron chi connectivity index (χ3n) is 3.04. The van der Waals surface area contributed by atoms with Gasteiger partial charge in [-0.05, 0) is 19.1 Å². The van der Waals surface area contributed by atoms with Gasteiger partial charge in [0.25, 0.3) is 0 Å². The van der Waals surface area contributed by atoms with Crippen molar-refractivity contribution in [1.29, 1.82) is 0 Å². The van der Waals surface area contributed by atoms with Gasteiger partial charge in [0, 0.05) is 28.2 Å². The van der Waals surface area contributed by atoms with Gasteiger partial charge in [-0.1, -0.05) is 18.2 Å². The summed E-state index contributed by atoms with van der Waals surface area (Å²) in [6.45, 7) is 3.83. The van der Waals surface area contributed by atoms with E-state index in [9.17, 15) is 0 Å². The maximum atomic E-state index is 4.28. The molecule has 3 aromatic rings. The molecule has 1 aromatic carbocycles. The summed E-state index contributed by atoms with van der Waals surface area (Å²) in [7, 11) is 0. The Bertz CT molecular complexity index is 654. The van der Waals surface area contributed by atoms with Crippen LogP contribution in [0.1, 0.15) is 12.6 Å². The third kappa shape index (κ3) is 1.99. The minimum Gasteiger partial charge on any atom is -0.378 e. The zero-order chi connectivity index (χ0) is 12.4. The lowest BCUT2D eigenvalue weighted by molar-refractivity contribution is 0.628. The molecule has 0 fully saturated rings. The van der Waals surface area contributed by atoms with Crippen molar-refractivity contribution < 1.29 is 0 Å². The number of hydrogen-bond acceptors (Lipinski definition) is 3. The molecule has 0 saturated heterocycles. The molecule has 0 aliphatic rings. The van der Waals surface area contributed by atoms with E-state index in [0.717, 1.165) is 13.1 Å². The van der Waals surface area contributed by atoms with Crippen LogP contribution in [-0.4, -0.2) is 9.78 Å². The van der Waals surface area contributed by atoms with Gasteiger partial charge in [-0.15, -0.1) is 11.3 Å². The number of rotatable bonds is 4. The summed E-state index contributed by atoms with van der Waals surface area (Å²) in [6, 6.07) is 10.5. The zero-order valence-corrected chi connectivity index (χ0v) is 11.1. The Labute approximate surface area is 110 Å². The predicted octanol–water partition coefficient (Wildman–Crippen LogP) is 3.73. The maximum Gasteiger partial charge on any atom is 0.0575 e. The Hall–Kier alpha value is -1.81. The summed E-state index contributed by atoms with van der Waals surface area (Å²) in [5, 5.41) is 11.2. The normalized spacial score (nSPS) is 10.9. The molecule has 0 bridgehead atoms. The monoisotopic (exact) mass is 257 g/mol. The molecule has 0 amide bonds. The topological polar surface area (TPSA) is 29.9 Å². The summed E-state index contributed by atoms with van der Waals surface area (Å²) in [5.74, 6) is 0. The molecule has 92 valence electrons. The second-order valence-corrected chi connectivity index (χ2v) is 5.05. The van der Waals surface area contributed by atoms with Crippen LogP contribution in [0.3, 0.4) is 0 Å². The third-order valence-corrected chi connectivity index (χ3v) is 4.01. The highest BCUT2D eigenvalue weighted by Gasteiger charge is 2.04. The van der Waals surface area contributed by atoms with Crippen molar-refractivity contribution in [1.82, 2.24) is 9.78 Å². The van der Waals surface area contributed by atoms with Crippen molar-refractivity contribution in [3.05, 3.63) is 47.6 Å². The standard InChI is InChI=1S/C14H15N3S/c1-2-17-11(7-8-16-17)9-15-13-10-18-14-6-4-3-5-12(13)14/h3-8,10,15H,2,9H2,1H3. The lowest BCUT2D eigenvalue weighted by Crippen LogP contribution is -2.07. The van der Waals surface area contributed by atoms with Crippen molar-refractivity contribution in [2.24, 2.45) is 0 Å². The average molecular weight is 257 g/mol. The second kappa shape index (κ2) is 4.82. The van der Waals surface area contributed by atoms with Gasteiger partial charge in [0.15, 0.2) is 0 Å². The van der Waals surface area contributed by atoms with Crippen LogP contribution in [0.25, 0.3) is 10.1 Å². The van der Waals surface area contributed by atoms with Gasteiger partial charge >= 0.3 is 0 Å². The summed E-state index contributed by atoms with van der Waals surface area (Å²) < 4.78 is 3.34. The fourth-order valence-electron chi connectivity index (χ4n) is 2.10. The Morgan fingerprint density at radius 1 is 1.28 bits per heavy atom. The first-order valence-corrected chi connectivity index (χ1v) is 6.97. The van der Waals surface area contributed by atoms with E-state index in [0.29, 0.717) is 0 Å². The van der Waals surface area contributed by atoms with Crippen LogP contribution >= 0.6 is 11.3 Å². The second-order valence-electron chi connectivity index (χ2n) is 4.14. The minimum atomic E-state index is 0.814. The van der Waals surface area contributed by atoms with E-state index in [1.54, 1.807) is 11.3 Å². The molecular weight excluding hydrogens is 242 g/mol. The number of benzene rings is 1. The predicted molar refractivity (Wildman–Crippen MR) is 77.1 cm³/mol. The molecule has 0 aliphatic carbocycles. The van der Waals surface area contributed by atoms with E-state index < -0.39 is 0 Å². The molecule has 4 heteroatoms. The molecule has 0 saturated carbocycles. The van der Waals surface area contributed by atoms with E-state index in [4.69, 9.17) is 0 Å². The van der Waals surface area contributed by atoms with Crippen molar-refractivity contribution in [2.75, 3.05) is 5.32 Å². The molecule has 0 atom stereocenters. The Kier molecular flexibility index (Phi) is 3.02. The smallest absolute Gasteiger partial charge is 0.0575 e. The van der Waals surface area contributed by atoms with Crippen LogP contribution in [-0.2, 0) is 13.1 Å². The largest absolute Gasteiger partial charge is 0.378 e. The molecule has 0 radical (unpaired) electrons. The maximum absolute atomic E-state index is 4.28. The van der Waals surface area contributed by atoms with Crippen LogP contribution in [0.2, 0.25) is 0 Å². The summed E-state index contributed by atoms with van der Waals surface area (Å²) in [6.07, 6.45) is 1.85. The molecule has 0 aliphatic heterocycles. The van der Waals surface area contributed by atoms with E-state index in [-0.39, 0.29) is 0 Å². The summed E-state index contributed by atoms with van der Waals surface area (Å²) >= 11 is 1.78. The van der Waals surface area contributed by atoms with E-state index in [1.165, 1.54) is 21.5 Å². The van der Waals surface area contributed by atoms with Crippen molar-refractivity contribution in [3.63, 3.8) is 0 Å². The minimum absolute atomic E-state index is 0.814. The fraction of sp³-hybridized carbons (Fsp3) is 0.214. The van der Waals surface area contributed by atoms with E-state index in [2.05, 4.69) is 53.1 Å². The molecule has 1 N–H and O–H groups in total. The number of aryl methyl sites for hydroxylation is 1. The molecule has 18 heavy (non-hydrogen) atoms. The Morgan fingerprint density at radius 3 is 3.06 bits per heavy atom. The molecule has 2 aromatic heterocycles. The number of nitrogens with zero attached hydrogens (tertiary/aromatic N) is 2. The highest BCUT2D eigenvalue weighted by Crippen LogP contribution is 2.30. The Morgan fingerprint density at radius 2 is 2.17 bits per heavy atom. The van der Waals surface area contributed by atoms with E-state index >= 15 is 0 Å². The fourth-order valence-corrected chi connectivity index (χ4v) is 3.01. The van der Waals surface area contributed by atoms with Gasteiger partial charge in [-0.25, -0.2) is 0 Å². The number of aromatic nitrogens is 2. The van der Waals surface area contributed by atoms with Crippen molar-refractivity contribution >= 4 is 27.1 Å². The SMILES string of the molecule is CCn1nccc1CNc1csc2ccccc12. The zero-order valence-electron chi connectivity index (χ0n) is 10.3. The van der Waals surface area contributed by atoms with Gasteiger partial charge < -0.3 is 5.32 Å². The molecule has 0 unspecified atom stereocenters. The van der Waals surface area contributed by atoms with E-state index in [1.807, 2.05) is 10.9 Å². The van der Waals surface area contributed by atoms with Crippen LogP contribution < -0.4 is 5.32 Å². The van der Waals surface area contributed by atoms with Gasteiger partial charge in [0.1, 0.15) is 0 Å². The van der Waals surface area contributed by atoms with Crippen molar-refractivity contribution in [2.45, 2.75) is 20.0 Å². The molecular formula is C14H15N3S. The first kappa shape index (κ1) is 11.3. The first-order valence-electron chi connectivity index (χ1n) is 6.09. The number of hydrogen-bond donors (Lipinski definition) is 1. The summed E-state index contributed by atoms with van der Waals surface area (Å²) in [5.41, 5.74) is 2.42. The molecule has 0 spiro atoms. The number of thiophene rings is 1. The van der Waals surface area contributed by atoms with Crippen LogP contribution in [0.15, 0.2) is 41.9 Å². The quantitative estimate of drug-likeness (QED) is 0.771. The first-order chi connectivity index (χ1) is 8.88. The van der Waals surface area contributed by atoms with Gasteiger partial charge in [-0.3, -0.25) is 4.68 Å². The van der Waals surface area contributed by atoms with Crippen LogP contribution in [0, 0.1) is 0 Å². The van der Waals surface area contributed by atoms with Crippen molar-refractivity contribution in [3.8, 4) is 0 Å². The van der Waals surface area contributed by atoms with Gasteiger partial charge in [0.2, 0.25) is 0 Å². The highest BCUT2D eigenvalue weighted by atomic mass is 32.1. The molecule has 2 heterocycles. The lowest BCUT2D eigenvalue weighted by atomic mass is 10.2. The lowest BCUT2D eigenvalue weighted by Gasteiger charge is -2.07. The Balaban J connectivity index is 1.81. The number of anilines is 1. The van der Waals surface area contributed by atoms with Gasteiger partial charge in [-0.2, -0.15) is 5.10 Å². The highest BCUT2D eigenvalue weighted by molar-refractivity contribution is 7.17. The van der Waals surface area contributed by atoms with Crippen LogP contribution in [0.4, 0.5) is 5.69 Å². The average Bonchev–Trinajstić information content (AvgIpc) is 3.02. The number of nitrogens with one attached hydrogen (secondary N) is 1. The number of fused-ring (bicyclic) bond motifs is 1. The van der Waals surface area contributed by atoms with Gasteiger partial charge in [0.05, 0.1) is 17.9 Å². The molecule has 3 nitrogen and oxygen atoms in total. The summed E-state index contributed by atoms with van der Waals surface area (Å²) in [4.78, 5) is 0. The molecule has 3 rings (SSSR count).